The number of aromatic amines is 1. The van der Waals surface area contributed by atoms with Gasteiger partial charge >= 0.3 is 0 Å². The molecule has 0 aliphatic heterocycles. The lowest BCUT2D eigenvalue weighted by Crippen LogP contribution is -2.25. The van der Waals surface area contributed by atoms with E-state index in [4.69, 9.17) is 4.74 Å². The van der Waals surface area contributed by atoms with Crippen LogP contribution in [0.15, 0.2) is 54.7 Å². The summed E-state index contributed by atoms with van der Waals surface area (Å²) in [5.74, 6) is 6.12. The molecule has 28 heavy (non-hydrogen) atoms. The second-order valence-corrected chi connectivity index (χ2v) is 6.16. The van der Waals surface area contributed by atoms with Gasteiger partial charge in [-0.15, -0.1) is 0 Å². The highest BCUT2D eigenvalue weighted by Gasteiger charge is 2.07. The van der Waals surface area contributed by atoms with Crippen molar-refractivity contribution in [2.45, 2.75) is 13.3 Å². The number of hydrogen-bond donors (Lipinski definition) is 3. The van der Waals surface area contributed by atoms with Crippen LogP contribution in [0.5, 0.6) is 5.75 Å². The summed E-state index contributed by atoms with van der Waals surface area (Å²) >= 11 is 0. The van der Waals surface area contributed by atoms with Gasteiger partial charge < -0.3 is 20.4 Å². The maximum Gasteiger partial charge on any atom is 0.225 e. The third-order valence-corrected chi connectivity index (χ3v) is 3.99. The number of carbonyl (C=O) groups excluding carboxylic acids is 2. The summed E-state index contributed by atoms with van der Waals surface area (Å²) in [7, 11) is 0. The van der Waals surface area contributed by atoms with Gasteiger partial charge in [-0.1, -0.05) is 36.1 Å². The Morgan fingerprint density at radius 2 is 1.96 bits per heavy atom. The molecular weight excluding hydrogens is 354 g/mol. The van der Waals surface area contributed by atoms with E-state index in [-0.39, 0.29) is 25.0 Å². The van der Waals surface area contributed by atoms with Crippen molar-refractivity contribution in [3.8, 4) is 17.6 Å². The van der Waals surface area contributed by atoms with E-state index >= 15 is 0 Å². The Balaban J connectivity index is 1.41. The fourth-order valence-corrected chi connectivity index (χ4v) is 2.76. The van der Waals surface area contributed by atoms with Gasteiger partial charge in [-0.2, -0.15) is 0 Å². The molecule has 0 bridgehead atoms. The summed E-state index contributed by atoms with van der Waals surface area (Å²) < 4.78 is 5.53. The van der Waals surface area contributed by atoms with Crippen LogP contribution in [0.1, 0.15) is 12.5 Å². The fourth-order valence-electron chi connectivity index (χ4n) is 2.76. The van der Waals surface area contributed by atoms with E-state index in [9.17, 15) is 9.59 Å². The number of carbonyl (C=O) groups is 2. The zero-order valence-corrected chi connectivity index (χ0v) is 15.5. The number of fused-ring (bicyclic) bond motifs is 1. The van der Waals surface area contributed by atoms with Crippen LogP contribution >= 0.6 is 0 Å². The van der Waals surface area contributed by atoms with Gasteiger partial charge in [0.05, 0.1) is 13.0 Å². The Bertz CT molecular complexity index is 1040. The monoisotopic (exact) mass is 375 g/mol. The molecule has 3 aromatic rings. The van der Waals surface area contributed by atoms with E-state index in [2.05, 4.69) is 27.5 Å². The first kappa shape index (κ1) is 19.1. The third kappa shape index (κ3) is 5.39. The maximum atomic E-state index is 12.1. The number of anilines is 1. The van der Waals surface area contributed by atoms with Crippen LogP contribution in [0.2, 0.25) is 0 Å². The average Bonchev–Trinajstić information content (AvgIpc) is 3.07. The zero-order chi connectivity index (χ0) is 19.8. The van der Waals surface area contributed by atoms with Gasteiger partial charge in [-0.25, -0.2) is 0 Å². The molecule has 2 aromatic carbocycles. The summed E-state index contributed by atoms with van der Waals surface area (Å²) in [6.07, 6.45) is 2.16. The topological polar surface area (TPSA) is 83.2 Å². The van der Waals surface area contributed by atoms with Crippen LogP contribution in [-0.2, 0) is 16.0 Å². The minimum Gasteiger partial charge on any atom is -0.481 e. The molecule has 0 spiro atoms. The van der Waals surface area contributed by atoms with E-state index < -0.39 is 0 Å². The molecular formula is C22H21N3O3. The van der Waals surface area contributed by atoms with Crippen molar-refractivity contribution in [2.75, 3.05) is 18.5 Å². The lowest BCUT2D eigenvalue weighted by Gasteiger charge is -2.05. The predicted octanol–water partition coefficient (Wildman–Crippen LogP) is 2.87. The average molecular weight is 375 g/mol. The summed E-state index contributed by atoms with van der Waals surface area (Å²) in [5.41, 5.74) is 2.65. The van der Waals surface area contributed by atoms with Crippen molar-refractivity contribution in [2.24, 2.45) is 0 Å². The molecule has 0 saturated carbocycles. The highest BCUT2D eigenvalue weighted by atomic mass is 16.5. The number of benzene rings is 2. The molecule has 1 heterocycles. The minimum absolute atomic E-state index is 0.0806. The lowest BCUT2D eigenvalue weighted by atomic mass is 10.1. The van der Waals surface area contributed by atoms with Gasteiger partial charge in [0.25, 0.3) is 0 Å². The predicted molar refractivity (Wildman–Crippen MR) is 109 cm³/mol. The molecule has 0 aliphatic carbocycles. The Kier molecular flexibility index (Phi) is 6.32. The minimum atomic E-state index is -0.139. The van der Waals surface area contributed by atoms with Crippen molar-refractivity contribution in [3.05, 3.63) is 60.3 Å². The number of ether oxygens (including phenoxy) is 1. The number of nitrogens with one attached hydrogen (secondary N) is 3. The van der Waals surface area contributed by atoms with Gasteiger partial charge in [-0.3, -0.25) is 9.59 Å². The molecule has 142 valence electrons. The number of hydrogen-bond acceptors (Lipinski definition) is 3. The van der Waals surface area contributed by atoms with Crippen LogP contribution in [0.25, 0.3) is 10.9 Å². The highest BCUT2D eigenvalue weighted by Crippen LogP contribution is 2.18. The normalized spacial score (nSPS) is 10.0. The van der Waals surface area contributed by atoms with Gasteiger partial charge in [0.2, 0.25) is 11.8 Å². The summed E-state index contributed by atoms with van der Waals surface area (Å²) in [4.78, 5) is 26.3. The molecule has 0 fully saturated rings. The Hall–Kier alpha value is -3.72. The summed E-state index contributed by atoms with van der Waals surface area (Å²) in [6, 6.07) is 15.0. The van der Waals surface area contributed by atoms with Crippen molar-refractivity contribution < 1.29 is 14.3 Å². The number of rotatable bonds is 6. The van der Waals surface area contributed by atoms with Crippen molar-refractivity contribution in [1.29, 1.82) is 0 Å². The quantitative estimate of drug-likeness (QED) is 0.580. The van der Waals surface area contributed by atoms with Crippen LogP contribution in [0.3, 0.4) is 0 Å². The summed E-state index contributed by atoms with van der Waals surface area (Å²) in [6.45, 7) is 1.91. The van der Waals surface area contributed by atoms with Crippen LogP contribution < -0.4 is 15.4 Å². The van der Waals surface area contributed by atoms with Crippen molar-refractivity contribution in [1.82, 2.24) is 10.3 Å². The smallest absolute Gasteiger partial charge is 0.225 e. The number of para-hydroxylation sites is 1. The van der Waals surface area contributed by atoms with Gasteiger partial charge in [0.15, 0.2) is 0 Å². The molecule has 0 saturated heterocycles. The number of amides is 2. The SMILES string of the molecule is CC(=O)Nc1cccc(OCC#CCNC(=O)Cc2c[nH]c3ccccc23)c1. The molecule has 0 atom stereocenters. The molecule has 1 aromatic heterocycles. The molecule has 6 nitrogen and oxygen atoms in total. The Morgan fingerprint density at radius 3 is 2.82 bits per heavy atom. The van der Waals surface area contributed by atoms with Crippen LogP contribution in [0, 0.1) is 11.8 Å². The molecule has 3 N–H and O–H groups in total. The summed E-state index contributed by atoms with van der Waals surface area (Å²) in [5, 5.41) is 6.53. The first-order chi connectivity index (χ1) is 13.6. The second-order valence-electron chi connectivity index (χ2n) is 6.16. The second kappa shape index (κ2) is 9.28. The number of H-pyrrole nitrogens is 1. The van der Waals surface area contributed by atoms with E-state index in [1.54, 1.807) is 24.3 Å². The molecule has 0 radical (unpaired) electrons. The largest absolute Gasteiger partial charge is 0.481 e. The van der Waals surface area contributed by atoms with E-state index in [1.807, 2.05) is 30.5 Å². The van der Waals surface area contributed by atoms with Crippen molar-refractivity contribution in [3.63, 3.8) is 0 Å². The zero-order valence-electron chi connectivity index (χ0n) is 15.5. The van der Waals surface area contributed by atoms with Crippen LogP contribution in [-0.4, -0.2) is 29.9 Å². The Morgan fingerprint density at radius 1 is 1.11 bits per heavy atom. The lowest BCUT2D eigenvalue weighted by molar-refractivity contribution is -0.120. The molecule has 0 unspecified atom stereocenters. The molecule has 2 amide bonds. The van der Waals surface area contributed by atoms with Gasteiger partial charge in [0, 0.05) is 35.8 Å². The van der Waals surface area contributed by atoms with E-state index in [0.29, 0.717) is 17.9 Å². The van der Waals surface area contributed by atoms with Gasteiger partial charge in [-0.05, 0) is 23.8 Å². The van der Waals surface area contributed by atoms with Gasteiger partial charge in [0.1, 0.15) is 12.4 Å². The van der Waals surface area contributed by atoms with E-state index in [1.165, 1.54) is 6.92 Å². The molecule has 6 heteroatoms. The highest BCUT2D eigenvalue weighted by molar-refractivity contribution is 5.89. The third-order valence-electron chi connectivity index (χ3n) is 3.99. The molecule has 0 aliphatic rings. The first-order valence-corrected chi connectivity index (χ1v) is 8.89. The molecule has 3 rings (SSSR count). The maximum absolute atomic E-state index is 12.1. The van der Waals surface area contributed by atoms with E-state index in [0.717, 1.165) is 16.5 Å². The fraction of sp³-hybridized carbons (Fsp3) is 0.182. The Labute approximate surface area is 163 Å². The van der Waals surface area contributed by atoms with Crippen molar-refractivity contribution >= 4 is 28.4 Å². The standard InChI is InChI=1S/C22H21N3O3/c1-16(26)25-18-7-6-8-19(14-18)28-12-5-4-11-23-22(27)13-17-15-24-21-10-3-2-9-20(17)21/h2-3,6-10,14-15,24H,11-13H2,1H3,(H,23,27)(H,25,26). The van der Waals surface area contributed by atoms with Crippen LogP contribution in [0.4, 0.5) is 5.69 Å². The number of aromatic nitrogens is 1. The first-order valence-electron chi connectivity index (χ1n) is 8.89.